The van der Waals surface area contributed by atoms with Crippen LogP contribution in [0, 0.1) is 5.92 Å². The molecule has 0 atom stereocenters. The maximum atomic E-state index is 11.7. The van der Waals surface area contributed by atoms with Gasteiger partial charge in [-0.3, -0.25) is 9.59 Å². The molecular weight excluding hydrogens is 318 g/mol. The Morgan fingerprint density at radius 3 is 2.60 bits per heavy atom. The van der Waals surface area contributed by atoms with Gasteiger partial charge < -0.3 is 21.3 Å². The van der Waals surface area contributed by atoms with Gasteiger partial charge in [0.05, 0.1) is 6.54 Å². The van der Waals surface area contributed by atoms with Crippen LogP contribution in [0.3, 0.4) is 0 Å². The van der Waals surface area contributed by atoms with Crippen molar-refractivity contribution in [2.45, 2.75) is 26.3 Å². The van der Waals surface area contributed by atoms with Gasteiger partial charge in [0.25, 0.3) is 5.91 Å². The zero-order valence-corrected chi connectivity index (χ0v) is 14.9. The molecule has 1 fully saturated rings. The van der Waals surface area contributed by atoms with E-state index in [0.29, 0.717) is 31.2 Å². The average molecular weight is 345 g/mol. The second-order valence-corrected chi connectivity index (χ2v) is 5.97. The van der Waals surface area contributed by atoms with Crippen LogP contribution in [0.5, 0.6) is 0 Å². The highest BCUT2D eigenvalue weighted by Crippen LogP contribution is 2.28. The average Bonchev–Trinajstić information content (AvgIpc) is 3.47. The summed E-state index contributed by atoms with van der Waals surface area (Å²) in [5.41, 5.74) is 1.58. The van der Waals surface area contributed by atoms with Crippen molar-refractivity contribution in [2.75, 3.05) is 26.7 Å². The fraction of sp³-hybridized carbons (Fsp3) is 0.500. The summed E-state index contributed by atoms with van der Waals surface area (Å²) in [5.74, 6) is 0.958. The maximum Gasteiger partial charge on any atom is 0.251 e. The summed E-state index contributed by atoms with van der Waals surface area (Å²) in [4.78, 5) is 27.8. The van der Waals surface area contributed by atoms with Crippen molar-refractivity contribution in [3.05, 3.63) is 35.4 Å². The Balaban J connectivity index is 1.83. The molecule has 2 amide bonds. The topological polar surface area (TPSA) is 94.6 Å². The smallest absolute Gasteiger partial charge is 0.251 e. The van der Waals surface area contributed by atoms with Gasteiger partial charge in [-0.15, -0.1) is 0 Å². The number of nitrogens with one attached hydrogen (secondary N) is 4. The lowest BCUT2D eigenvalue weighted by Gasteiger charge is -2.12. The zero-order valence-electron chi connectivity index (χ0n) is 14.9. The number of hydrogen-bond donors (Lipinski definition) is 4. The maximum absolute atomic E-state index is 11.7. The van der Waals surface area contributed by atoms with Gasteiger partial charge in [0.2, 0.25) is 5.91 Å². The predicted octanol–water partition coefficient (Wildman–Crippen LogP) is 0.628. The van der Waals surface area contributed by atoms with Gasteiger partial charge in [0, 0.05) is 38.2 Å². The van der Waals surface area contributed by atoms with Crippen molar-refractivity contribution in [3.63, 3.8) is 0 Å². The van der Waals surface area contributed by atoms with Crippen molar-refractivity contribution in [3.8, 4) is 0 Å². The zero-order chi connectivity index (χ0) is 18.1. The molecule has 2 rings (SSSR count). The number of carbonyl (C=O) groups excluding carboxylic acids is 2. The highest BCUT2D eigenvalue weighted by atomic mass is 16.2. The number of amides is 2. The second kappa shape index (κ2) is 9.66. The Labute approximate surface area is 148 Å². The number of aliphatic imine (C=N–C) groups is 1. The molecule has 136 valence electrons. The van der Waals surface area contributed by atoms with Crippen LogP contribution >= 0.6 is 0 Å². The fourth-order valence-electron chi connectivity index (χ4n) is 2.32. The number of nitrogens with zero attached hydrogens (tertiary/aromatic N) is 1. The first-order valence-corrected chi connectivity index (χ1v) is 8.75. The van der Waals surface area contributed by atoms with E-state index in [4.69, 9.17) is 0 Å². The molecule has 7 heteroatoms. The van der Waals surface area contributed by atoms with Crippen molar-refractivity contribution in [1.82, 2.24) is 21.3 Å². The minimum absolute atomic E-state index is 0.109. The van der Waals surface area contributed by atoms with E-state index in [-0.39, 0.29) is 17.7 Å². The van der Waals surface area contributed by atoms with E-state index in [0.717, 1.165) is 24.9 Å². The van der Waals surface area contributed by atoms with Crippen molar-refractivity contribution in [1.29, 1.82) is 0 Å². The third-order valence-corrected chi connectivity index (χ3v) is 3.85. The molecule has 1 aromatic rings. The van der Waals surface area contributed by atoms with Gasteiger partial charge >= 0.3 is 0 Å². The molecule has 0 saturated heterocycles. The highest BCUT2D eigenvalue weighted by molar-refractivity contribution is 5.94. The SMILES string of the molecule is CCNC(=NCc1cccc(C(=O)NC)c1)NCCNC(=O)C1CC1. The summed E-state index contributed by atoms with van der Waals surface area (Å²) < 4.78 is 0. The second-order valence-electron chi connectivity index (χ2n) is 5.97. The van der Waals surface area contributed by atoms with Crippen LogP contribution in [0.25, 0.3) is 0 Å². The molecular formula is C18H27N5O2. The standard InChI is InChI=1S/C18H27N5O2/c1-3-20-18(22-10-9-21-17(25)14-7-8-14)23-12-13-5-4-6-15(11-13)16(24)19-2/h4-6,11,14H,3,7-10,12H2,1-2H3,(H,19,24)(H,21,25)(H2,20,22,23). The largest absolute Gasteiger partial charge is 0.357 e. The molecule has 25 heavy (non-hydrogen) atoms. The van der Waals surface area contributed by atoms with E-state index in [9.17, 15) is 9.59 Å². The molecule has 1 aromatic carbocycles. The van der Waals surface area contributed by atoms with Crippen LogP contribution < -0.4 is 21.3 Å². The van der Waals surface area contributed by atoms with Crippen molar-refractivity contribution < 1.29 is 9.59 Å². The summed E-state index contributed by atoms with van der Waals surface area (Å²) in [5, 5.41) is 11.9. The quantitative estimate of drug-likeness (QED) is 0.316. The first kappa shape index (κ1) is 18.8. The molecule has 0 radical (unpaired) electrons. The highest BCUT2D eigenvalue weighted by Gasteiger charge is 2.28. The number of hydrogen-bond acceptors (Lipinski definition) is 3. The number of carbonyl (C=O) groups is 2. The molecule has 0 bridgehead atoms. The molecule has 0 heterocycles. The molecule has 0 aromatic heterocycles. The van der Waals surface area contributed by atoms with Crippen LogP contribution in [-0.4, -0.2) is 44.5 Å². The molecule has 0 spiro atoms. The summed E-state index contributed by atoms with van der Waals surface area (Å²) in [6, 6.07) is 7.40. The van der Waals surface area contributed by atoms with Gasteiger partial charge in [-0.2, -0.15) is 0 Å². The lowest BCUT2D eigenvalue weighted by molar-refractivity contribution is -0.122. The van der Waals surface area contributed by atoms with Gasteiger partial charge in [0.1, 0.15) is 0 Å². The molecule has 1 saturated carbocycles. The lowest BCUT2D eigenvalue weighted by atomic mass is 10.1. The number of benzene rings is 1. The molecule has 1 aliphatic carbocycles. The predicted molar refractivity (Wildman–Crippen MR) is 98.4 cm³/mol. The van der Waals surface area contributed by atoms with E-state index in [1.807, 2.05) is 25.1 Å². The van der Waals surface area contributed by atoms with Gasteiger partial charge in [-0.1, -0.05) is 12.1 Å². The number of guanidine groups is 1. The Morgan fingerprint density at radius 2 is 1.92 bits per heavy atom. The van der Waals surface area contributed by atoms with Crippen LogP contribution in [0.4, 0.5) is 0 Å². The molecule has 1 aliphatic rings. The van der Waals surface area contributed by atoms with Crippen molar-refractivity contribution >= 4 is 17.8 Å². The summed E-state index contributed by atoms with van der Waals surface area (Å²) in [6.07, 6.45) is 2.02. The van der Waals surface area contributed by atoms with Gasteiger partial charge in [-0.25, -0.2) is 4.99 Å². The fourth-order valence-corrected chi connectivity index (χ4v) is 2.32. The Kier molecular flexibility index (Phi) is 7.25. The van der Waals surface area contributed by atoms with Crippen LogP contribution in [0.2, 0.25) is 0 Å². The van der Waals surface area contributed by atoms with Gasteiger partial charge in [-0.05, 0) is 37.5 Å². The molecule has 0 unspecified atom stereocenters. The van der Waals surface area contributed by atoms with E-state index >= 15 is 0 Å². The first-order chi connectivity index (χ1) is 12.1. The summed E-state index contributed by atoms with van der Waals surface area (Å²) in [6.45, 7) is 4.40. The van der Waals surface area contributed by atoms with Crippen molar-refractivity contribution in [2.24, 2.45) is 10.9 Å². The third-order valence-electron chi connectivity index (χ3n) is 3.85. The monoisotopic (exact) mass is 345 g/mol. The summed E-state index contributed by atoms with van der Waals surface area (Å²) in [7, 11) is 1.61. The van der Waals surface area contributed by atoms with E-state index in [2.05, 4.69) is 26.3 Å². The van der Waals surface area contributed by atoms with E-state index in [1.54, 1.807) is 13.1 Å². The van der Waals surface area contributed by atoms with E-state index < -0.39 is 0 Å². The van der Waals surface area contributed by atoms with Gasteiger partial charge in [0.15, 0.2) is 5.96 Å². The van der Waals surface area contributed by atoms with Crippen LogP contribution in [-0.2, 0) is 11.3 Å². The third kappa shape index (κ3) is 6.45. The Hall–Kier alpha value is -2.57. The molecule has 7 nitrogen and oxygen atoms in total. The minimum Gasteiger partial charge on any atom is -0.357 e. The Morgan fingerprint density at radius 1 is 1.16 bits per heavy atom. The minimum atomic E-state index is -0.109. The lowest BCUT2D eigenvalue weighted by Crippen LogP contribution is -2.41. The normalized spacial score (nSPS) is 13.9. The summed E-state index contributed by atoms with van der Waals surface area (Å²) >= 11 is 0. The Bertz CT molecular complexity index is 626. The molecule has 0 aliphatic heterocycles. The van der Waals surface area contributed by atoms with Crippen LogP contribution in [0.1, 0.15) is 35.7 Å². The van der Waals surface area contributed by atoms with E-state index in [1.165, 1.54) is 0 Å². The number of rotatable bonds is 8. The molecule has 4 N–H and O–H groups in total. The first-order valence-electron chi connectivity index (χ1n) is 8.75. The van der Waals surface area contributed by atoms with Crippen LogP contribution in [0.15, 0.2) is 29.3 Å².